The second kappa shape index (κ2) is 4.76. The monoisotopic (exact) mass is 287 g/mol. The van der Waals surface area contributed by atoms with E-state index in [0.29, 0.717) is 5.02 Å². The molecule has 0 fully saturated rings. The largest absolute Gasteiger partial charge is 0.355 e. The Hall–Kier alpha value is -1.70. The molecule has 0 bridgehead atoms. The first-order chi connectivity index (χ1) is 9.13. The van der Waals surface area contributed by atoms with Crippen LogP contribution >= 0.6 is 23.2 Å². The summed E-state index contributed by atoms with van der Waals surface area (Å²) in [5, 5.41) is 4.48. The Morgan fingerprint density at radius 1 is 1.00 bits per heavy atom. The van der Waals surface area contributed by atoms with Crippen LogP contribution in [0, 0.1) is 0 Å². The van der Waals surface area contributed by atoms with Crippen molar-refractivity contribution in [1.82, 2.24) is 4.98 Å². The number of hydrogen-bond donors (Lipinski definition) is 1. The van der Waals surface area contributed by atoms with E-state index in [2.05, 4.69) is 17.6 Å². The molecule has 0 saturated heterocycles. The van der Waals surface area contributed by atoms with Gasteiger partial charge >= 0.3 is 0 Å². The van der Waals surface area contributed by atoms with Crippen LogP contribution in [-0.2, 0) is 0 Å². The summed E-state index contributed by atoms with van der Waals surface area (Å²) in [6, 6.07) is 13.5. The predicted octanol–water partition coefficient (Wildman–Crippen LogP) is 3.71. The Labute approximate surface area is 120 Å². The fourth-order valence-corrected chi connectivity index (χ4v) is 2.55. The number of aromatic nitrogens is 1. The van der Waals surface area contributed by atoms with Crippen molar-refractivity contribution in [3.63, 3.8) is 0 Å². The molecule has 0 aliphatic rings. The molecule has 2 aromatic carbocycles. The summed E-state index contributed by atoms with van der Waals surface area (Å²) in [6.45, 7) is 4.04. The van der Waals surface area contributed by atoms with E-state index in [0.717, 1.165) is 32.1 Å². The molecule has 3 heteroatoms. The number of fused-ring (bicyclic) bond motifs is 1. The van der Waals surface area contributed by atoms with Gasteiger partial charge in [0.25, 0.3) is 0 Å². The molecule has 1 nitrogen and oxygen atoms in total. The zero-order chi connectivity index (χ0) is 13.4. The number of H-pyrrole nitrogens is 1. The lowest BCUT2D eigenvalue weighted by atomic mass is 10.1. The zero-order valence-electron chi connectivity index (χ0n) is 10.1. The SMILES string of the molecule is C=c1[nH]c2cc(Cl)ccc2/c1=C/c1cccc(Cl)c1. The number of rotatable bonds is 1. The summed E-state index contributed by atoms with van der Waals surface area (Å²) in [6.07, 6.45) is 2.07. The number of halogens is 2. The molecular formula is C16H11Cl2N. The van der Waals surface area contributed by atoms with Crippen LogP contribution in [0.4, 0.5) is 0 Å². The standard InChI is InChI=1S/C16H11Cl2N/c1-10-15(8-11-3-2-4-12(17)7-11)14-6-5-13(18)9-16(14)19-10/h2-9,19H,1H2/b15-8+. The van der Waals surface area contributed by atoms with Crippen LogP contribution < -0.4 is 10.6 Å². The second-order valence-electron chi connectivity index (χ2n) is 4.41. The van der Waals surface area contributed by atoms with E-state index >= 15 is 0 Å². The van der Waals surface area contributed by atoms with Crippen LogP contribution in [-0.4, -0.2) is 4.98 Å². The molecule has 1 heterocycles. The molecular weight excluding hydrogens is 277 g/mol. The average Bonchev–Trinajstić information content (AvgIpc) is 2.65. The zero-order valence-corrected chi connectivity index (χ0v) is 11.6. The summed E-state index contributed by atoms with van der Waals surface area (Å²) >= 11 is 12.0. The molecule has 94 valence electrons. The molecule has 3 rings (SSSR count). The molecule has 1 aromatic heterocycles. The van der Waals surface area contributed by atoms with E-state index in [-0.39, 0.29) is 0 Å². The summed E-state index contributed by atoms with van der Waals surface area (Å²) < 4.78 is 0. The number of hydrogen-bond acceptors (Lipinski definition) is 0. The van der Waals surface area contributed by atoms with Crippen LogP contribution in [0.2, 0.25) is 10.0 Å². The van der Waals surface area contributed by atoms with E-state index in [9.17, 15) is 0 Å². The van der Waals surface area contributed by atoms with E-state index in [1.54, 1.807) is 0 Å². The predicted molar refractivity (Wildman–Crippen MR) is 83.1 cm³/mol. The summed E-state index contributed by atoms with van der Waals surface area (Å²) in [5.74, 6) is 0. The number of aromatic amines is 1. The Morgan fingerprint density at radius 3 is 2.58 bits per heavy atom. The summed E-state index contributed by atoms with van der Waals surface area (Å²) in [5.41, 5.74) is 2.04. The van der Waals surface area contributed by atoms with Crippen molar-refractivity contribution < 1.29 is 0 Å². The highest BCUT2D eigenvalue weighted by atomic mass is 35.5. The molecule has 0 spiro atoms. The second-order valence-corrected chi connectivity index (χ2v) is 5.28. The highest BCUT2D eigenvalue weighted by Crippen LogP contribution is 2.15. The first-order valence-electron chi connectivity index (χ1n) is 5.87. The van der Waals surface area contributed by atoms with Crippen LogP contribution in [0.1, 0.15) is 5.56 Å². The van der Waals surface area contributed by atoms with Gasteiger partial charge in [0, 0.05) is 31.5 Å². The van der Waals surface area contributed by atoms with Gasteiger partial charge < -0.3 is 4.98 Å². The molecule has 0 aliphatic carbocycles. The Morgan fingerprint density at radius 2 is 1.79 bits per heavy atom. The molecule has 0 saturated carbocycles. The fourth-order valence-electron chi connectivity index (χ4n) is 2.18. The van der Waals surface area contributed by atoms with Crippen molar-refractivity contribution in [2.45, 2.75) is 0 Å². The fraction of sp³-hybridized carbons (Fsp3) is 0. The molecule has 3 aromatic rings. The third-order valence-electron chi connectivity index (χ3n) is 3.04. The minimum absolute atomic E-state index is 0.711. The van der Waals surface area contributed by atoms with Gasteiger partial charge in [-0.25, -0.2) is 0 Å². The quantitative estimate of drug-likeness (QED) is 0.702. The maximum Gasteiger partial charge on any atom is 0.0479 e. The van der Waals surface area contributed by atoms with Gasteiger partial charge in [-0.1, -0.05) is 48.0 Å². The van der Waals surface area contributed by atoms with Crippen molar-refractivity contribution in [3.05, 3.63) is 68.6 Å². The maximum atomic E-state index is 6.00. The first-order valence-corrected chi connectivity index (χ1v) is 6.62. The molecule has 19 heavy (non-hydrogen) atoms. The van der Waals surface area contributed by atoms with Crippen LogP contribution in [0.25, 0.3) is 23.6 Å². The van der Waals surface area contributed by atoms with Crippen molar-refractivity contribution in [2.75, 3.05) is 0 Å². The molecule has 0 atom stereocenters. The van der Waals surface area contributed by atoms with Gasteiger partial charge in [0.05, 0.1) is 0 Å². The molecule has 0 radical (unpaired) electrons. The topological polar surface area (TPSA) is 15.8 Å². The average molecular weight is 288 g/mol. The van der Waals surface area contributed by atoms with Gasteiger partial charge in [0.1, 0.15) is 0 Å². The summed E-state index contributed by atoms with van der Waals surface area (Å²) in [7, 11) is 0. The van der Waals surface area contributed by atoms with Crippen molar-refractivity contribution in [3.8, 4) is 0 Å². The Bertz CT molecular complexity index is 862. The van der Waals surface area contributed by atoms with Gasteiger partial charge in [-0.2, -0.15) is 0 Å². The van der Waals surface area contributed by atoms with E-state index in [1.807, 2.05) is 42.5 Å². The van der Waals surface area contributed by atoms with Crippen molar-refractivity contribution in [2.24, 2.45) is 0 Å². The lowest BCUT2D eigenvalue weighted by Crippen LogP contribution is -2.20. The van der Waals surface area contributed by atoms with Crippen LogP contribution in [0.15, 0.2) is 42.5 Å². The van der Waals surface area contributed by atoms with E-state index < -0.39 is 0 Å². The normalized spacial score (nSPS) is 12.2. The van der Waals surface area contributed by atoms with Crippen molar-refractivity contribution in [1.29, 1.82) is 0 Å². The maximum absolute atomic E-state index is 6.00. The highest BCUT2D eigenvalue weighted by molar-refractivity contribution is 6.31. The minimum atomic E-state index is 0.711. The first kappa shape index (κ1) is 12.3. The minimum Gasteiger partial charge on any atom is -0.355 e. The van der Waals surface area contributed by atoms with Gasteiger partial charge in [-0.15, -0.1) is 0 Å². The number of nitrogens with one attached hydrogen (secondary N) is 1. The third kappa shape index (κ3) is 2.40. The third-order valence-corrected chi connectivity index (χ3v) is 3.51. The van der Waals surface area contributed by atoms with Crippen molar-refractivity contribution >= 4 is 46.8 Å². The van der Waals surface area contributed by atoms with Gasteiger partial charge in [0.15, 0.2) is 0 Å². The number of benzene rings is 2. The van der Waals surface area contributed by atoms with E-state index in [4.69, 9.17) is 23.2 Å². The van der Waals surface area contributed by atoms with Gasteiger partial charge in [-0.3, -0.25) is 0 Å². The Kier molecular flexibility index (Phi) is 3.09. The smallest absolute Gasteiger partial charge is 0.0479 e. The van der Waals surface area contributed by atoms with Crippen LogP contribution in [0.3, 0.4) is 0 Å². The van der Waals surface area contributed by atoms with Gasteiger partial charge in [-0.05, 0) is 35.9 Å². The van der Waals surface area contributed by atoms with Gasteiger partial charge in [0.2, 0.25) is 0 Å². The van der Waals surface area contributed by atoms with Crippen LogP contribution in [0.5, 0.6) is 0 Å². The summed E-state index contributed by atoms with van der Waals surface area (Å²) in [4.78, 5) is 3.24. The Balaban J connectivity index is 2.31. The molecule has 1 N–H and O–H groups in total. The lowest BCUT2D eigenvalue weighted by Gasteiger charge is -1.94. The molecule has 0 unspecified atom stereocenters. The molecule has 0 amide bonds. The highest BCUT2D eigenvalue weighted by Gasteiger charge is 2.00. The molecule has 0 aliphatic heterocycles. The lowest BCUT2D eigenvalue weighted by molar-refractivity contribution is 1.37. The van der Waals surface area contributed by atoms with E-state index in [1.165, 1.54) is 0 Å².